The summed E-state index contributed by atoms with van der Waals surface area (Å²) in [5.41, 5.74) is 0. The molecule has 2 unspecified atom stereocenters. The average molecular weight is 128 g/mol. The second kappa shape index (κ2) is 4.16. The Balaban J connectivity index is 3.29. The Morgan fingerprint density at radius 2 is 2.22 bits per heavy atom. The molecule has 0 amide bonds. The third-order valence-electron chi connectivity index (χ3n) is 1.01. The standard InChI is InChI=1S/C6H12N2O/c1-5(8-4-7)3-6(2)9/h5-6,8-9H,3H2,1-2H3. The summed E-state index contributed by atoms with van der Waals surface area (Å²) in [6, 6.07) is 0.0787. The van der Waals surface area contributed by atoms with Gasteiger partial charge in [-0.2, -0.15) is 5.26 Å². The lowest BCUT2D eigenvalue weighted by Gasteiger charge is -2.09. The maximum atomic E-state index is 8.80. The Kier molecular flexibility index (Phi) is 3.81. The smallest absolute Gasteiger partial charge is 0.176 e. The van der Waals surface area contributed by atoms with E-state index in [0.717, 1.165) is 0 Å². The number of aliphatic hydroxyl groups excluding tert-OH is 1. The first-order chi connectivity index (χ1) is 4.16. The molecule has 0 fully saturated rings. The van der Waals surface area contributed by atoms with E-state index in [1.165, 1.54) is 0 Å². The predicted molar refractivity (Wildman–Crippen MR) is 34.5 cm³/mol. The van der Waals surface area contributed by atoms with Crippen LogP contribution in [0.2, 0.25) is 0 Å². The van der Waals surface area contributed by atoms with Crippen molar-refractivity contribution in [3.8, 4) is 6.19 Å². The molecule has 0 heterocycles. The lowest BCUT2D eigenvalue weighted by Crippen LogP contribution is -2.24. The van der Waals surface area contributed by atoms with E-state index in [-0.39, 0.29) is 12.1 Å². The Hall–Kier alpha value is -0.750. The summed E-state index contributed by atoms with van der Waals surface area (Å²) in [7, 11) is 0. The van der Waals surface area contributed by atoms with E-state index in [9.17, 15) is 0 Å². The van der Waals surface area contributed by atoms with Gasteiger partial charge in [-0.3, -0.25) is 0 Å². The highest BCUT2D eigenvalue weighted by Gasteiger charge is 2.02. The Bertz CT molecular complexity index is 106. The second-order valence-corrected chi connectivity index (χ2v) is 2.24. The minimum Gasteiger partial charge on any atom is -0.393 e. The number of nitriles is 1. The topological polar surface area (TPSA) is 56.0 Å². The van der Waals surface area contributed by atoms with Crippen LogP contribution in [0.4, 0.5) is 0 Å². The summed E-state index contributed by atoms with van der Waals surface area (Å²) in [6.07, 6.45) is 2.10. The summed E-state index contributed by atoms with van der Waals surface area (Å²) in [5, 5.41) is 19.4. The van der Waals surface area contributed by atoms with Gasteiger partial charge in [0.1, 0.15) is 0 Å². The van der Waals surface area contributed by atoms with E-state index in [2.05, 4.69) is 5.32 Å². The number of nitrogens with zero attached hydrogens (tertiary/aromatic N) is 1. The van der Waals surface area contributed by atoms with Crippen molar-refractivity contribution in [3.63, 3.8) is 0 Å². The molecule has 2 N–H and O–H groups in total. The minimum absolute atomic E-state index is 0.0787. The van der Waals surface area contributed by atoms with Gasteiger partial charge in [0.2, 0.25) is 0 Å². The molecule has 0 aromatic heterocycles. The van der Waals surface area contributed by atoms with Gasteiger partial charge in [-0.1, -0.05) is 0 Å². The normalized spacial score (nSPS) is 15.8. The molecule has 0 saturated carbocycles. The van der Waals surface area contributed by atoms with Crippen molar-refractivity contribution in [2.24, 2.45) is 0 Å². The molecule has 0 aromatic carbocycles. The second-order valence-electron chi connectivity index (χ2n) is 2.24. The fourth-order valence-electron chi connectivity index (χ4n) is 0.681. The van der Waals surface area contributed by atoms with Crippen molar-refractivity contribution >= 4 is 0 Å². The molecule has 0 aromatic rings. The molecule has 0 aliphatic rings. The summed E-state index contributed by atoms with van der Waals surface area (Å²) >= 11 is 0. The molecule has 3 heteroatoms. The van der Waals surface area contributed by atoms with Crippen LogP contribution >= 0.6 is 0 Å². The summed E-state index contributed by atoms with van der Waals surface area (Å²) in [5.74, 6) is 0. The molecule has 0 aliphatic heterocycles. The highest BCUT2D eigenvalue weighted by molar-refractivity contribution is 4.73. The van der Waals surface area contributed by atoms with Crippen molar-refractivity contribution in [1.82, 2.24) is 5.32 Å². The first-order valence-corrected chi connectivity index (χ1v) is 2.99. The molecule has 0 saturated heterocycles. The fraction of sp³-hybridized carbons (Fsp3) is 0.833. The Morgan fingerprint density at radius 1 is 1.67 bits per heavy atom. The van der Waals surface area contributed by atoms with Crippen LogP contribution in [-0.4, -0.2) is 17.3 Å². The van der Waals surface area contributed by atoms with Gasteiger partial charge >= 0.3 is 0 Å². The molecule has 0 spiro atoms. The van der Waals surface area contributed by atoms with E-state index in [4.69, 9.17) is 10.4 Å². The van der Waals surface area contributed by atoms with Crippen molar-refractivity contribution in [3.05, 3.63) is 0 Å². The third-order valence-corrected chi connectivity index (χ3v) is 1.01. The summed E-state index contributed by atoms with van der Waals surface area (Å²) in [6.45, 7) is 3.56. The van der Waals surface area contributed by atoms with Crippen LogP contribution in [-0.2, 0) is 0 Å². The van der Waals surface area contributed by atoms with Crippen LogP contribution in [0.5, 0.6) is 0 Å². The molecule has 0 bridgehead atoms. The van der Waals surface area contributed by atoms with E-state index >= 15 is 0 Å². The molecule has 52 valence electrons. The molecule has 3 nitrogen and oxygen atoms in total. The maximum absolute atomic E-state index is 8.80. The number of aliphatic hydroxyl groups is 1. The van der Waals surface area contributed by atoms with Crippen LogP contribution in [0.15, 0.2) is 0 Å². The van der Waals surface area contributed by atoms with E-state index in [0.29, 0.717) is 6.42 Å². The van der Waals surface area contributed by atoms with Crippen molar-refractivity contribution in [2.45, 2.75) is 32.4 Å². The van der Waals surface area contributed by atoms with Crippen LogP contribution in [0, 0.1) is 11.5 Å². The van der Waals surface area contributed by atoms with Crippen LogP contribution in [0.3, 0.4) is 0 Å². The average Bonchev–Trinajstić information content (AvgIpc) is 1.63. The number of hydrogen-bond donors (Lipinski definition) is 2. The van der Waals surface area contributed by atoms with Crippen molar-refractivity contribution in [2.75, 3.05) is 0 Å². The quantitative estimate of drug-likeness (QED) is 0.422. The summed E-state index contributed by atoms with van der Waals surface area (Å²) in [4.78, 5) is 0. The number of rotatable bonds is 3. The SMILES string of the molecule is CC(O)CC(C)NC#N. The van der Waals surface area contributed by atoms with Gasteiger partial charge in [0.15, 0.2) is 6.19 Å². The molecule has 0 aliphatic carbocycles. The van der Waals surface area contributed by atoms with Gasteiger partial charge in [-0.05, 0) is 20.3 Å². The molecule has 0 radical (unpaired) electrons. The molecular formula is C6H12N2O. The monoisotopic (exact) mass is 128 g/mol. The van der Waals surface area contributed by atoms with Crippen LogP contribution in [0.1, 0.15) is 20.3 Å². The van der Waals surface area contributed by atoms with Gasteiger partial charge < -0.3 is 10.4 Å². The van der Waals surface area contributed by atoms with Crippen LogP contribution in [0.25, 0.3) is 0 Å². The number of nitrogens with one attached hydrogen (secondary N) is 1. The van der Waals surface area contributed by atoms with Gasteiger partial charge in [-0.15, -0.1) is 0 Å². The highest BCUT2D eigenvalue weighted by Crippen LogP contribution is 1.94. The fourth-order valence-corrected chi connectivity index (χ4v) is 0.681. The van der Waals surface area contributed by atoms with Crippen LogP contribution < -0.4 is 5.32 Å². The molecule has 2 atom stereocenters. The maximum Gasteiger partial charge on any atom is 0.176 e. The first-order valence-electron chi connectivity index (χ1n) is 2.99. The van der Waals surface area contributed by atoms with Crippen molar-refractivity contribution < 1.29 is 5.11 Å². The highest BCUT2D eigenvalue weighted by atomic mass is 16.3. The molecular weight excluding hydrogens is 116 g/mol. The van der Waals surface area contributed by atoms with Gasteiger partial charge in [0.25, 0.3) is 0 Å². The summed E-state index contributed by atoms with van der Waals surface area (Å²) < 4.78 is 0. The Labute approximate surface area is 55.3 Å². The zero-order valence-corrected chi connectivity index (χ0v) is 5.76. The van der Waals surface area contributed by atoms with Crippen molar-refractivity contribution in [1.29, 1.82) is 5.26 Å². The zero-order chi connectivity index (χ0) is 7.28. The Morgan fingerprint density at radius 3 is 2.56 bits per heavy atom. The van der Waals surface area contributed by atoms with E-state index in [1.54, 1.807) is 6.92 Å². The molecule has 0 rings (SSSR count). The zero-order valence-electron chi connectivity index (χ0n) is 5.76. The lowest BCUT2D eigenvalue weighted by molar-refractivity contribution is 0.174. The first kappa shape index (κ1) is 8.25. The largest absolute Gasteiger partial charge is 0.393 e. The predicted octanol–water partition coefficient (Wildman–Crippen LogP) is 0.216. The van der Waals surface area contributed by atoms with Gasteiger partial charge in [-0.25, -0.2) is 0 Å². The molecule has 9 heavy (non-hydrogen) atoms. The minimum atomic E-state index is -0.333. The van der Waals surface area contributed by atoms with E-state index in [1.807, 2.05) is 13.1 Å². The van der Waals surface area contributed by atoms with E-state index < -0.39 is 0 Å². The lowest BCUT2D eigenvalue weighted by atomic mass is 10.2. The number of hydrogen-bond acceptors (Lipinski definition) is 3. The van der Waals surface area contributed by atoms with Gasteiger partial charge in [0, 0.05) is 6.04 Å². The van der Waals surface area contributed by atoms with Gasteiger partial charge in [0.05, 0.1) is 6.10 Å². The third kappa shape index (κ3) is 5.12.